The molecule has 1 aliphatic heterocycles. The number of hydrogen-bond donors (Lipinski definition) is 1. The van der Waals surface area contributed by atoms with Gasteiger partial charge in [-0.25, -0.2) is 0 Å². The minimum atomic E-state index is -1.07. The van der Waals surface area contributed by atoms with Crippen LogP contribution < -0.4 is 0 Å². The summed E-state index contributed by atoms with van der Waals surface area (Å²) in [6.07, 6.45) is 4.67. The first-order valence-corrected chi connectivity index (χ1v) is 9.52. The third kappa shape index (κ3) is 4.18. The Labute approximate surface area is 155 Å². The number of aryl methyl sites for hydroxylation is 1. The molecule has 1 aromatic rings. The monoisotopic (exact) mass is 465 g/mol. The fourth-order valence-corrected chi connectivity index (χ4v) is 4.42. The third-order valence-corrected chi connectivity index (χ3v) is 5.79. The fourth-order valence-electron chi connectivity index (χ4n) is 1.93. The Balaban J connectivity index is 2.28. The summed E-state index contributed by atoms with van der Waals surface area (Å²) in [5, 5.41) is 8.84. The summed E-state index contributed by atoms with van der Waals surface area (Å²) in [7, 11) is 0. The molecule has 0 aliphatic carbocycles. The summed E-state index contributed by atoms with van der Waals surface area (Å²) in [6.45, 7) is 1.63. The maximum atomic E-state index is 12.3. The van der Waals surface area contributed by atoms with Crippen LogP contribution in [0.1, 0.15) is 15.3 Å². The number of halogens is 1. The van der Waals surface area contributed by atoms with E-state index in [1.807, 2.05) is 17.1 Å². The lowest BCUT2D eigenvalue weighted by molar-refractivity contribution is -0.140. The van der Waals surface area contributed by atoms with Crippen LogP contribution in [0.3, 0.4) is 0 Å². The summed E-state index contributed by atoms with van der Waals surface area (Å²) >= 11 is 10.1. The molecular weight excluding hydrogens is 453 g/mol. The van der Waals surface area contributed by atoms with Gasteiger partial charge < -0.3 is 5.11 Å². The summed E-state index contributed by atoms with van der Waals surface area (Å²) in [5.41, 5.74) is 0.993. The predicted octanol–water partition coefficient (Wildman–Crippen LogP) is 3.83. The predicted molar refractivity (Wildman–Crippen MR) is 103 cm³/mol. The highest BCUT2D eigenvalue weighted by atomic mass is 127. The Hall–Kier alpha value is -0.710. The van der Waals surface area contributed by atoms with Crippen LogP contribution in [0.5, 0.6) is 0 Å². The average Bonchev–Trinajstić information content (AvgIpc) is 2.91. The van der Waals surface area contributed by atoms with Crippen molar-refractivity contribution in [3.8, 4) is 0 Å². The minimum Gasteiger partial charge on any atom is -0.480 e. The lowest BCUT2D eigenvalue weighted by Crippen LogP contribution is -2.33. The van der Waals surface area contributed by atoms with Crippen LogP contribution in [0.2, 0.25) is 0 Å². The molecule has 1 aromatic heterocycles. The van der Waals surface area contributed by atoms with Gasteiger partial charge in [-0.1, -0.05) is 52.6 Å². The number of amides is 1. The quantitative estimate of drug-likeness (QED) is 0.407. The molecule has 2 rings (SSSR count). The van der Waals surface area contributed by atoms with Crippen molar-refractivity contribution in [3.63, 3.8) is 0 Å². The molecule has 0 aromatic carbocycles. The van der Waals surface area contributed by atoms with Crippen LogP contribution in [0.15, 0.2) is 21.1 Å². The van der Waals surface area contributed by atoms with Crippen LogP contribution in [0, 0.1) is 6.92 Å². The van der Waals surface area contributed by atoms with Crippen molar-refractivity contribution in [2.24, 2.45) is 0 Å². The molecule has 0 bridgehead atoms. The second kappa shape index (κ2) is 7.71. The van der Waals surface area contributed by atoms with E-state index >= 15 is 0 Å². The van der Waals surface area contributed by atoms with E-state index in [1.54, 1.807) is 17.4 Å². The standard InChI is InChI=1S/C14H12INO3S3/c1-8-5-9(10(21-8)3-2-4-15)6-11-13(19)16(7-12(17)18)14(20)22-11/h2,4-6H,3,7H2,1H3,(H,17,18)/b4-2-,11-6-. The average molecular weight is 465 g/mol. The number of thiophene rings is 1. The summed E-state index contributed by atoms with van der Waals surface area (Å²) < 4.78 is 2.25. The van der Waals surface area contributed by atoms with E-state index in [2.05, 4.69) is 28.7 Å². The molecule has 1 fully saturated rings. The number of nitrogens with zero attached hydrogens (tertiary/aromatic N) is 1. The van der Waals surface area contributed by atoms with Crippen molar-refractivity contribution in [2.45, 2.75) is 13.3 Å². The van der Waals surface area contributed by atoms with Crippen LogP contribution in [0.4, 0.5) is 0 Å². The minimum absolute atomic E-state index is 0.291. The van der Waals surface area contributed by atoms with Crippen molar-refractivity contribution < 1.29 is 14.7 Å². The molecule has 2 heterocycles. The van der Waals surface area contributed by atoms with E-state index < -0.39 is 12.5 Å². The number of hydrogen-bond acceptors (Lipinski definition) is 5. The van der Waals surface area contributed by atoms with E-state index in [4.69, 9.17) is 17.3 Å². The van der Waals surface area contributed by atoms with Crippen LogP contribution >= 0.6 is 57.9 Å². The Morgan fingerprint density at radius 2 is 2.27 bits per heavy atom. The Morgan fingerprint density at radius 3 is 2.91 bits per heavy atom. The van der Waals surface area contributed by atoms with Gasteiger partial charge in [0.2, 0.25) is 0 Å². The number of thioether (sulfide) groups is 1. The van der Waals surface area contributed by atoms with Gasteiger partial charge in [0.1, 0.15) is 10.9 Å². The first-order chi connectivity index (χ1) is 10.4. The van der Waals surface area contributed by atoms with Crippen molar-refractivity contribution in [2.75, 3.05) is 6.54 Å². The molecule has 0 atom stereocenters. The highest BCUT2D eigenvalue weighted by Gasteiger charge is 2.33. The van der Waals surface area contributed by atoms with E-state index in [-0.39, 0.29) is 5.91 Å². The lowest BCUT2D eigenvalue weighted by Gasteiger charge is -2.10. The smallest absolute Gasteiger partial charge is 0.323 e. The van der Waals surface area contributed by atoms with E-state index in [1.165, 1.54) is 9.75 Å². The zero-order valence-electron chi connectivity index (χ0n) is 11.5. The maximum absolute atomic E-state index is 12.3. The van der Waals surface area contributed by atoms with Gasteiger partial charge in [0, 0.05) is 16.2 Å². The number of thiocarbonyl (C=S) groups is 1. The van der Waals surface area contributed by atoms with Gasteiger partial charge in [-0.2, -0.15) is 0 Å². The zero-order chi connectivity index (χ0) is 16.3. The Morgan fingerprint density at radius 1 is 1.55 bits per heavy atom. The Kier molecular flexibility index (Phi) is 6.18. The second-order valence-electron chi connectivity index (χ2n) is 4.46. The number of carboxylic acids is 1. The van der Waals surface area contributed by atoms with Crippen molar-refractivity contribution >= 4 is 80.2 Å². The summed E-state index contributed by atoms with van der Waals surface area (Å²) in [6, 6.07) is 2.03. The summed E-state index contributed by atoms with van der Waals surface area (Å²) in [4.78, 5) is 27.0. The molecule has 0 saturated carbocycles. The van der Waals surface area contributed by atoms with Crippen molar-refractivity contribution in [3.05, 3.63) is 36.4 Å². The topological polar surface area (TPSA) is 57.6 Å². The van der Waals surface area contributed by atoms with E-state index in [0.717, 1.165) is 28.6 Å². The molecular formula is C14H12INO3S3. The molecule has 0 radical (unpaired) electrons. The number of carbonyl (C=O) groups excluding carboxylic acids is 1. The van der Waals surface area contributed by atoms with Crippen LogP contribution in [0.25, 0.3) is 6.08 Å². The molecule has 8 heteroatoms. The largest absolute Gasteiger partial charge is 0.480 e. The van der Waals surface area contributed by atoms with Gasteiger partial charge in [-0.05, 0) is 28.7 Å². The SMILES string of the molecule is Cc1cc(/C=C2\SC(=S)N(CC(=O)O)C2=O)c(C/C=C\I)s1. The number of aliphatic carboxylic acids is 1. The zero-order valence-corrected chi connectivity index (χ0v) is 16.1. The first kappa shape index (κ1) is 17.6. The van der Waals surface area contributed by atoms with Crippen molar-refractivity contribution in [1.82, 2.24) is 4.90 Å². The number of carbonyl (C=O) groups is 2. The van der Waals surface area contributed by atoms with Gasteiger partial charge in [0.05, 0.1) is 4.91 Å². The molecule has 1 amide bonds. The number of carboxylic acid groups (broad SMARTS) is 1. The van der Waals surface area contributed by atoms with Crippen molar-refractivity contribution in [1.29, 1.82) is 0 Å². The molecule has 1 aliphatic rings. The first-order valence-electron chi connectivity index (χ1n) is 6.24. The van der Waals surface area contributed by atoms with Gasteiger partial charge in [-0.3, -0.25) is 14.5 Å². The molecule has 0 spiro atoms. The summed E-state index contributed by atoms with van der Waals surface area (Å²) in [5.74, 6) is -1.41. The van der Waals surface area contributed by atoms with Gasteiger partial charge in [0.25, 0.3) is 5.91 Å². The number of allylic oxidation sites excluding steroid dienone is 1. The molecule has 4 nitrogen and oxygen atoms in total. The Bertz CT molecular complexity index is 694. The number of rotatable bonds is 5. The van der Waals surface area contributed by atoms with Gasteiger partial charge >= 0.3 is 5.97 Å². The van der Waals surface area contributed by atoms with Crippen LogP contribution in [-0.2, 0) is 16.0 Å². The molecule has 0 unspecified atom stereocenters. The van der Waals surface area contributed by atoms with E-state index in [0.29, 0.717) is 9.23 Å². The molecule has 116 valence electrons. The maximum Gasteiger partial charge on any atom is 0.323 e. The second-order valence-corrected chi connectivity index (χ2v) is 8.20. The van der Waals surface area contributed by atoms with E-state index in [9.17, 15) is 9.59 Å². The van der Waals surface area contributed by atoms with Gasteiger partial charge in [0.15, 0.2) is 0 Å². The van der Waals surface area contributed by atoms with Crippen LogP contribution in [-0.4, -0.2) is 32.7 Å². The normalized spacial score (nSPS) is 17.2. The molecule has 1 N–H and O–H groups in total. The molecule has 1 saturated heterocycles. The molecule has 22 heavy (non-hydrogen) atoms. The highest BCUT2D eigenvalue weighted by molar-refractivity contribution is 14.1. The third-order valence-electron chi connectivity index (χ3n) is 2.81. The fraction of sp³-hybridized carbons (Fsp3) is 0.214. The lowest BCUT2D eigenvalue weighted by atomic mass is 10.2. The van der Waals surface area contributed by atoms with Gasteiger partial charge in [-0.15, -0.1) is 11.3 Å². The highest BCUT2D eigenvalue weighted by Crippen LogP contribution is 2.34.